The minimum atomic E-state index is -0.306. The monoisotopic (exact) mass is 408 g/mol. The predicted molar refractivity (Wildman–Crippen MR) is 105 cm³/mol. The van der Waals surface area contributed by atoms with Crippen LogP contribution in [0.4, 0.5) is 4.39 Å². The number of nitrogens with zero attached hydrogens (tertiary/aromatic N) is 4. The van der Waals surface area contributed by atoms with Crippen LogP contribution in [-0.2, 0) is 20.9 Å². The van der Waals surface area contributed by atoms with E-state index in [1.807, 2.05) is 12.2 Å². The molecule has 2 fully saturated rings. The van der Waals surface area contributed by atoms with E-state index in [9.17, 15) is 18.8 Å². The maximum Gasteiger partial charge on any atom is 0.244 e. The molecule has 0 bridgehead atoms. The molecule has 8 heteroatoms. The van der Waals surface area contributed by atoms with E-state index in [1.165, 1.54) is 17.0 Å². The van der Waals surface area contributed by atoms with E-state index in [0.29, 0.717) is 25.9 Å². The van der Waals surface area contributed by atoms with Crippen LogP contribution >= 0.6 is 0 Å². The van der Waals surface area contributed by atoms with Crippen LogP contribution in [0.5, 0.6) is 0 Å². The lowest BCUT2D eigenvalue weighted by Gasteiger charge is -2.43. The highest BCUT2D eigenvalue weighted by molar-refractivity contribution is 6.06. The lowest BCUT2D eigenvalue weighted by molar-refractivity contribution is -0.153. The maximum atomic E-state index is 13.1. The molecule has 1 aliphatic carbocycles. The number of rotatable bonds is 4. The van der Waals surface area contributed by atoms with Crippen LogP contribution in [0.15, 0.2) is 48.8 Å². The van der Waals surface area contributed by atoms with Crippen molar-refractivity contribution in [3.05, 3.63) is 54.6 Å². The van der Waals surface area contributed by atoms with Gasteiger partial charge in [-0.2, -0.15) is 5.10 Å². The summed E-state index contributed by atoms with van der Waals surface area (Å²) in [7, 11) is 0. The maximum absolute atomic E-state index is 13.1. The molecule has 30 heavy (non-hydrogen) atoms. The number of carbonyl (C=O) groups excluding carboxylic acids is 3. The fourth-order valence-corrected chi connectivity index (χ4v) is 4.49. The van der Waals surface area contributed by atoms with E-state index < -0.39 is 0 Å². The molecule has 7 nitrogen and oxygen atoms in total. The molecule has 5 rings (SSSR count). The lowest BCUT2D eigenvalue weighted by atomic mass is 9.85. The molecule has 0 unspecified atom stereocenters. The number of allylic oxidation sites excluding steroid dienone is 2. The van der Waals surface area contributed by atoms with Gasteiger partial charge in [-0.1, -0.05) is 24.3 Å². The minimum Gasteiger partial charge on any atom is -0.337 e. The van der Waals surface area contributed by atoms with E-state index in [0.717, 1.165) is 11.1 Å². The highest BCUT2D eigenvalue weighted by atomic mass is 19.1. The van der Waals surface area contributed by atoms with Crippen molar-refractivity contribution in [2.24, 2.45) is 11.8 Å². The normalized spacial score (nSPS) is 23.6. The first kappa shape index (κ1) is 18.7. The minimum absolute atomic E-state index is 0.0744. The topological polar surface area (TPSA) is 75.5 Å². The van der Waals surface area contributed by atoms with Crippen LogP contribution in [0.2, 0.25) is 0 Å². The number of halogens is 1. The predicted octanol–water partition coefficient (Wildman–Crippen LogP) is 1.85. The van der Waals surface area contributed by atoms with E-state index >= 15 is 0 Å². The SMILES string of the molecule is O=C(Cn1cc(-c2ccc(F)cc2)cn1)N1CC(N2C(=O)[C@H]3CC=CC[C@H]3C2=O)C1. The summed E-state index contributed by atoms with van der Waals surface area (Å²) in [6, 6.07) is 5.86. The summed E-state index contributed by atoms with van der Waals surface area (Å²) in [5.74, 6) is -1.08. The second-order valence-electron chi connectivity index (χ2n) is 8.09. The molecule has 0 saturated carbocycles. The first-order chi connectivity index (χ1) is 14.5. The van der Waals surface area contributed by atoms with Crippen molar-refractivity contribution in [1.82, 2.24) is 19.6 Å². The van der Waals surface area contributed by atoms with E-state index in [-0.39, 0.29) is 48.0 Å². The molecule has 3 amide bonds. The summed E-state index contributed by atoms with van der Waals surface area (Å²) in [4.78, 5) is 40.9. The van der Waals surface area contributed by atoms with Crippen molar-refractivity contribution >= 4 is 17.7 Å². The summed E-state index contributed by atoms with van der Waals surface area (Å²) >= 11 is 0. The Morgan fingerprint density at radius 3 is 2.27 bits per heavy atom. The van der Waals surface area contributed by atoms with Crippen LogP contribution in [-0.4, -0.2) is 56.4 Å². The average Bonchev–Trinajstić information content (AvgIpc) is 3.26. The van der Waals surface area contributed by atoms with E-state index in [4.69, 9.17) is 0 Å². The number of benzene rings is 1. The molecular weight excluding hydrogens is 387 g/mol. The van der Waals surface area contributed by atoms with Gasteiger partial charge in [0.15, 0.2) is 0 Å². The largest absolute Gasteiger partial charge is 0.337 e. The van der Waals surface area contributed by atoms with Crippen LogP contribution in [0.3, 0.4) is 0 Å². The van der Waals surface area contributed by atoms with Gasteiger partial charge < -0.3 is 4.90 Å². The molecule has 3 heterocycles. The van der Waals surface area contributed by atoms with Gasteiger partial charge in [-0.15, -0.1) is 0 Å². The van der Waals surface area contributed by atoms with Crippen LogP contribution in [0.25, 0.3) is 11.1 Å². The number of imide groups is 1. The summed E-state index contributed by atoms with van der Waals surface area (Å²) in [6.45, 7) is 0.815. The van der Waals surface area contributed by atoms with Gasteiger partial charge >= 0.3 is 0 Å². The molecule has 0 N–H and O–H groups in total. The summed E-state index contributed by atoms with van der Waals surface area (Å²) in [6.07, 6.45) is 8.56. The zero-order chi connectivity index (χ0) is 20.8. The fourth-order valence-electron chi connectivity index (χ4n) is 4.49. The van der Waals surface area contributed by atoms with Gasteiger partial charge in [-0.05, 0) is 30.5 Å². The third-order valence-corrected chi connectivity index (χ3v) is 6.23. The van der Waals surface area contributed by atoms with Gasteiger partial charge in [-0.25, -0.2) is 4.39 Å². The van der Waals surface area contributed by atoms with Crippen molar-refractivity contribution in [3.63, 3.8) is 0 Å². The summed E-state index contributed by atoms with van der Waals surface area (Å²) in [5, 5.41) is 4.22. The number of hydrogen-bond acceptors (Lipinski definition) is 4. The van der Waals surface area contributed by atoms with E-state index in [2.05, 4.69) is 5.10 Å². The van der Waals surface area contributed by atoms with Crippen molar-refractivity contribution in [1.29, 1.82) is 0 Å². The number of aromatic nitrogens is 2. The quantitative estimate of drug-likeness (QED) is 0.572. The number of amides is 3. The third kappa shape index (κ3) is 3.12. The fraction of sp³-hybridized carbons (Fsp3) is 0.364. The van der Waals surface area contributed by atoms with Gasteiger partial charge in [0.05, 0.1) is 24.1 Å². The molecule has 1 aromatic heterocycles. The van der Waals surface area contributed by atoms with Crippen LogP contribution in [0, 0.1) is 17.7 Å². The highest BCUT2D eigenvalue weighted by Gasteiger charge is 2.52. The lowest BCUT2D eigenvalue weighted by Crippen LogP contribution is -2.63. The first-order valence-electron chi connectivity index (χ1n) is 10.1. The molecule has 2 atom stereocenters. The van der Waals surface area contributed by atoms with Gasteiger partial charge in [0.2, 0.25) is 17.7 Å². The molecule has 3 aliphatic rings. The van der Waals surface area contributed by atoms with Gasteiger partial charge in [0.25, 0.3) is 0 Å². The van der Waals surface area contributed by atoms with Gasteiger partial charge in [0.1, 0.15) is 12.4 Å². The molecule has 2 aliphatic heterocycles. The Hall–Kier alpha value is -3.29. The Morgan fingerprint density at radius 1 is 1.00 bits per heavy atom. The number of fused-ring (bicyclic) bond motifs is 1. The Balaban J connectivity index is 1.18. The van der Waals surface area contributed by atoms with Crippen molar-refractivity contribution in [2.75, 3.05) is 13.1 Å². The number of carbonyl (C=O) groups is 3. The number of hydrogen-bond donors (Lipinski definition) is 0. The molecular formula is C22H21FN4O3. The van der Waals surface area contributed by atoms with Gasteiger partial charge in [0, 0.05) is 24.8 Å². The average molecular weight is 408 g/mol. The Labute approximate surface area is 172 Å². The van der Waals surface area contributed by atoms with Crippen molar-refractivity contribution in [2.45, 2.75) is 25.4 Å². The van der Waals surface area contributed by atoms with Crippen molar-refractivity contribution in [3.8, 4) is 11.1 Å². The molecule has 1 aromatic carbocycles. The Bertz CT molecular complexity index is 1010. The zero-order valence-corrected chi connectivity index (χ0v) is 16.3. The molecule has 0 radical (unpaired) electrons. The van der Waals surface area contributed by atoms with Crippen LogP contribution in [0.1, 0.15) is 12.8 Å². The van der Waals surface area contributed by atoms with Crippen molar-refractivity contribution < 1.29 is 18.8 Å². The molecule has 0 spiro atoms. The summed E-state index contributed by atoms with van der Waals surface area (Å²) < 4.78 is 14.6. The van der Waals surface area contributed by atoms with Gasteiger partial charge in [-0.3, -0.25) is 24.0 Å². The summed E-state index contributed by atoms with van der Waals surface area (Å²) in [5.41, 5.74) is 1.62. The second-order valence-corrected chi connectivity index (χ2v) is 8.09. The molecule has 2 aromatic rings. The second kappa shape index (κ2) is 7.19. The molecule has 154 valence electrons. The smallest absolute Gasteiger partial charge is 0.244 e. The third-order valence-electron chi connectivity index (χ3n) is 6.23. The zero-order valence-electron chi connectivity index (χ0n) is 16.3. The Kier molecular flexibility index (Phi) is 4.49. The standard InChI is InChI=1S/C22H21FN4O3/c23-16-7-5-14(6-8-16)15-9-24-26(10-15)13-20(28)25-11-17(12-25)27-21(29)18-3-1-2-4-19(18)22(27)30/h1-2,5-10,17-19H,3-4,11-13H2/t18-,19+. The number of likely N-dealkylation sites (tertiary alicyclic amines) is 2. The molecule has 2 saturated heterocycles. The van der Waals surface area contributed by atoms with E-state index in [1.54, 1.807) is 34.1 Å². The Morgan fingerprint density at radius 2 is 1.63 bits per heavy atom. The first-order valence-corrected chi connectivity index (χ1v) is 10.1. The highest BCUT2D eigenvalue weighted by Crippen LogP contribution is 2.37. The van der Waals surface area contributed by atoms with Crippen LogP contribution < -0.4 is 0 Å².